The summed E-state index contributed by atoms with van der Waals surface area (Å²) in [5, 5.41) is 4.39. The molecule has 13 heteroatoms. The lowest BCUT2D eigenvalue weighted by atomic mass is 10.0. The van der Waals surface area contributed by atoms with E-state index < -0.39 is 47.8 Å². The van der Waals surface area contributed by atoms with Crippen molar-refractivity contribution in [3.8, 4) is 11.5 Å². The van der Waals surface area contributed by atoms with E-state index in [1.54, 1.807) is 13.8 Å². The van der Waals surface area contributed by atoms with Gasteiger partial charge in [-0.3, -0.25) is 38.4 Å². The number of amides is 2. The molecule has 2 aliphatic carbocycles. The summed E-state index contributed by atoms with van der Waals surface area (Å²) in [5.74, 6) is -5.75. The molecule has 2 aromatic carbocycles. The van der Waals surface area contributed by atoms with Crippen molar-refractivity contribution >= 4 is 47.4 Å². The first-order valence-electron chi connectivity index (χ1n) is 13.3. The number of carbonyl (C=O) groups excluding carboxylic acids is 8. The van der Waals surface area contributed by atoms with E-state index in [-0.39, 0.29) is 46.3 Å². The molecule has 0 aliphatic heterocycles. The largest absolute Gasteiger partial charge is 0.468 e. The molecule has 228 valence electrons. The number of ketones is 4. The summed E-state index contributed by atoms with van der Waals surface area (Å²) in [4.78, 5) is 93.0. The molecule has 2 atom stereocenters. The van der Waals surface area contributed by atoms with Gasteiger partial charge in [-0.2, -0.15) is 0 Å². The first-order valence-corrected chi connectivity index (χ1v) is 13.3. The molecule has 0 saturated heterocycles. The molecule has 2 unspecified atom stereocenters. The van der Waals surface area contributed by atoms with Gasteiger partial charge in [0.25, 0.3) is 0 Å². The summed E-state index contributed by atoms with van der Waals surface area (Å²) in [6.45, 7) is 7.09. The molecule has 2 aliphatic rings. The quantitative estimate of drug-likeness (QED) is 0.245. The Morgan fingerprint density at radius 3 is 1.84 bits per heavy atom. The van der Waals surface area contributed by atoms with Gasteiger partial charge in [-0.05, 0) is 50.2 Å². The van der Waals surface area contributed by atoms with Crippen LogP contribution in [-0.2, 0) is 28.7 Å². The minimum Gasteiger partial charge on any atom is -0.468 e. The Kier molecular flexibility index (Phi) is 12.4. The highest BCUT2D eigenvalue weighted by molar-refractivity contribution is 6.35. The van der Waals surface area contributed by atoms with Crippen molar-refractivity contribution in [1.29, 1.82) is 0 Å². The molecule has 13 nitrogen and oxygen atoms in total. The summed E-state index contributed by atoms with van der Waals surface area (Å²) in [6.07, 6.45) is 0.455. The monoisotopic (exact) mass is 596 g/mol. The van der Waals surface area contributed by atoms with E-state index in [9.17, 15) is 38.4 Å². The highest BCUT2D eigenvalue weighted by atomic mass is 16.5. The third kappa shape index (κ3) is 7.97. The van der Waals surface area contributed by atoms with Crippen LogP contribution in [0.5, 0.6) is 11.5 Å². The first-order chi connectivity index (χ1) is 20.5. The molecule has 0 radical (unpaired) electrons. The SMILES string of the molecule is CC.CCOC(=O)CNC=O.COC(=O)CNC(=O)C1C(=O)c2ccc(Oc3ccc4c(c3)C(=O)C(C)C4=O)cc2C1=O. The molecular weight excluding hydrogens is 564 g/mol. The van der Waals surface area contributed by atoms with Gasteiger partial charge in [0.15, 0.2) is 29.1 Å². The molecule has 2 aromatic rings. The predicted molar refractivity (Wildman–Crippen MR) is 150 cm³/mol. The Bertz CT molecular complexity index is 1450. The van der Waals surface area contributed by atoms with E-state index in [2.05, 4.69) is 20.1 Å². The maximum absolute atomic E-state index is 12.7. The fourth-order valence-electron chi connectivity index (χ4n) is 4.07. The van der Waals surface area contributed by atoms with E-state index in [0.717, 1.165) is 7.11 Å². The van der Waals surface area contributed by atoms with Gasteiger partial charge in [0.2, 0.25) is 12.3 Å². The highest BCUT2D eigenvalue weighted by Crippen LogP contribution is 2.34. The van der Waals surface area contributed by atoms with Crippen LogP contribution >= 0.6 is 0 Å². The zero-order valence-corrected chi connectivity index (χ0v) is 24.3. The minimum absolute atomic E-state index is 0.0201. The number of fused-ring (bicyclic) bond motifs is 2. The van der Waals surface area contributed by atoms with Gasteiger partial charge in [0.1, 0.15) is 24.6 Å². The van der Waals surface area contributed by atoms with Crippen molar-refractivity contribution in [3.63, 3.8) is 0 Å². The third-order valence-electron chi connectivity index (χ3n) is 6.12. The second-order valence-corrected chi connectivity index (χ2v) is 8.73. The van der Waals surface area contributed by atoms with Crippen LogP contribution in [-0.4, -0.2) is 74.2 Å². The van der Waals surface area contributed by atoms with Crippen LogP contribution in [0.4, 0.5) is 0 Å². The summed E-state index contributed by atoms with van der Waals surface area (Å²) in [6, 6.07) is 8.68. The van der Waals surface area contributed by atoms with E-state index in [1.807, 2.05) is 13.8 Å². The number of hydrogen-bond acceptors (Lipinski definition) is 11. The number of methoxy groups -OCH3 is 1. The number of nitrogens with one attached hydrogen (secondary N) is 2. The number of benzene rings is 2. The molecule has 0 bridgehead atoms. The van der Waals surface area contributed by atoms with Crippen molar-refractivity contribution in [1.82, 2.24) is 10.6 Å². The average molecular weight is 597 g/mol. The number of Topliss-reactive ketones (excluding diaryl/α,β-unsaturated/α-hetero) is 4. The molecular formula is C30H32N2O11. The summed E-state index contributed by atoms with van der Waals surface area (Å²) in [7, 11) is 1.15. The standard InChI is InChI=1S/C23H17NO8.C5H9NO3.C2H6/c1-10-19(26)13-5-3-11(7-15(13)20(10)27)32-12-4-6-14-16(8-12)22(29)18(21(14)28)23(30)24-9-17(25)31-2;1-2-9-5(8)3-6-4-7;1-2/h3-8,10,18H,9H2,1-2H3,(H,24,30);4H,2-3H2,1H3,(H,6,7);1-2H3. The maximum Gasteiger partial charge on any atom is 0.325 e. The second kappa shape index (κ2) is 15.7. The first kappa shape index (κ1) is 34.0. The van der Waals surface area contributed by atoms with Crippen molar-refractivity contribution in [2.45, 2.75) is 27.7 Å². The van der Waals surface area contributed by atoms with E-state index in [4.69, 9.17) is 4.74 Å². The van der Waals surface area contributed by atoms with Gasteiger partial charge < -0.3 is 24.8 Å². The summed E-state index contributed by atoms with van der Waals surface area (Å²) in [5.41, 5.74) is 0.705. The van der Waals surface area contributed by atoms with E-state index in [0.29, 0.717) is 18.6 Å². The fourth-order valence-corrected chi connectivity index (χ4v) is 4.07. The molecule has 2 amide bonds. The molecule has 2 N–H and O–H groups in total. The van der Waals surface area contributed by atoms with Gasteiger partial charge in [-0.25, -0.2) is 0 Å². The van der Waals surface area contributed by atoms with Gasteiger partial charge in [0, 0.05) is 22.3 Å². The molecule has 43 heavy (non-hydrogen) atoms. The molecule has 4 rings (SSSR count). The Labute approximate surface area is 247 Å². The zero-order valence-electron chi connectivity index (χ0n) is 24.3. The van der Waals surface area contributed by atoms with Crippen molar-refractivity contribution in [3.05, 3.63) is 58.7 Å². The topological polar surface area (TPSA) is 188 Å². The number of rotatable bonds is 9. The lowest BCUT2D eigenvalue weighted by molar-refractivity contribution is -0.142. The van der Waals surface area contributed by atoms with Crippen molar-refractivity contribution in [2.75, 3.05) is 26.8 Å². The van der Waals surface area contributed by atoms with Crippen LogP contribution in [0.15, 0.2) is 36.4 Å². The second-order valence-electron chi connectivity index (χ2n) is 8.73. The van der Waals surface area contributed by atoms with Crippen LogP contribution < -0.4 is 15.4 Å². The number of hydrogen-bond donors (Lipinski definition) is 2. The number of ether oxygens (including phenoxy) is 3. The zero-order chi connectivity index (χ0) is 32.3. The maximum atomic E-state index is 12.7. The normalized spacial score (nSPS) is 15.9. The Morgan fingerprint density at radius 2 is 1.30 bits per heavy atom. The molecule has 0 heterocycles. The van der Waals surface area contributed by atoms with Gasteiger partial charge >= 0.3 is 11.9 Å². The molecule has 0 spiro atoms. The van der Waals surface area contributed by atoms with Crippen molar-refractivity contribution < 1.29 is 52.6 Å². The highest BCUT2D eigenvalue weighted by Gasteiger charge is 2.43. The molecule has 0 fully saturated rings. The van der Waals surface area contributed by atoms with Crippen LogP contribution in [0.2, 0.25) is 0 Å². The third-order valence-corrected chi connectivity index (χ3v) is 6.12. The minimum atomic E-state index is -1.59. The number of esters is 2. The van der Waals surface area contributed by atoms with E-state index in [1.165, 1.54) is 36.4 Å². The van der Waals surface area contributed by atoms with Crippen LogP contribution in [0.25, 0.3) is 0 Å². The van der Waals surface area contributed by atoms with Gasteiger partial charge in [0.05, 0.1) is 19.6 Å². The van der Waals surface area contributed by atoms with Gasteiger partial charge in [-0.15, -0.1) is 0 Å². The smallest absolute Gasteiger partial charge is 0.325 e. The summed E-state index contributed by atoms with van der Waals surface area (Å²) >= 11 is 0. The Hall–Kier alpha value is -5.20. The molecule has 0 saturated carbocycles. The van der Waals surface area contributed by atoms with Crippen LogP contribution in [0, 0.1) is 11.8 Å². The predicted octanol–water partition coefficient (Wildman–Crippen LogP) is 2.10. The van der Waals surface area contributed by atoms with Crippen molar-refractivity contribution in [2.24, 2.45) is 11.8 Å². The molecule has 0 aromatic heterocycles. The van der Waals surface area contributed by atoms with E-state index >= 15 is 0 Å². The Balaban J connectivity index is 0.000000505. The van der Waals surface area contributed by atoms with Gasteiger partial charge in [-0.1, -0.05) is 13.8 Å². The lowest BCUT2D eigenvalue weighted by Gasteiger charge is -2.08. The van der Waals surface area contributed by atoms with Crippen LogP contribution in [0.3, 0.4) is 0 Å². The average Bonchev–Trinajstić information content (AvgIpc) is 3.39. The summed E-state index contributed by atoms with van der Waals surface area (Å²) < 4.78 is 14.6. The lowest BCUT2D eigenvalue weighted by Crippen LogP contribution is -2.39. The number of carbonyl (C=O) groups is 8. The fraction of sp³-hybridized carbons (Fsp3) is 0.333. The Morgan fingerprint density at radius 1 is 0.791 bits per heavy atom. The van der Waals surface area contributed by atoms with Crippen LogP contribution in [0.1, 0.15) is 69.1 Å².